The Morgan fingerprint density at radius 3 is 1.48 bits per heavy atom. The van der Waals surface area contributed by atoms with Gasteiger partial charge in [-0.1, -0.05) is 63.6 Å². The molecule has 0 aromatic carbocycles. The third-order valence-corrected chi connectivity index (χ3v) is 16.2. The van der Waals surface area contributed by atoms with Crippen molar-refractivity contribution in [2.75, 3.05) is 13.2 Å². The van der Waals surface area contributed by atoms with Gasteiger partial charge in [0.1, 0.15) is 0 Å². The molecular formula is C17H32IO2P. The fourth-order valence-electron chi connectivity index (χ4n) is 5.13. The predicted molar refractivity (Wildman–Crippen MR) is 101 cm³/mol. The van der Waals surface area contributed by atoms with Crippen molar-refractivity contribution in [1.82, 2.24) is 0 Å². The Kier molecular flexibility index (Phi) is 5.73. The van der Waals surface area contributed by atoms with Crippen LogP contribution in [0.1, 0.15) is 67.2 Å². The molecule has 0 aliphatic carbocycles. The fraction of sp³-hybridized carbons (Fsp3) is 1.00. The summed E-state index contributed by atoms with van der Waals surface area (Å²) >= 11 is 2.84. The molecule has 124 valence electrons. The number of rotatable bonds is 4. The summed E-state index contributed by atoms with van der Waals surface area (Å²) in [7, 11) is 0. The first-order valence-electron chi connectivity index (χ1n) is 8.65. The molecule has 0 radical (unpaired) electrons. The van der Waals surface area contributed by atoms with E-state index in [0.29, 0.717) is 22.1 Å². The van der Waals surface area contributed by atoms with E-state index >= 15 is 0 Å². The third kappa shape index (κ3) is 2.27. The third-order valence-electron chi connectivity index (χ3n) is 6.79. The summed E-state index contributed by atoms with van der Waals surface area (Å²) in [5, 5.41) is 0.748. The van der Waals surface area contributed by atoms with Crippen LogP contribution in [0.2, 0.25) is 0 Å². The average Bonchev–Trinajstić information content (AvgIpc) is 3.00. The Hall–Kier alpha value is 1.08. The second kappa shape index (κ2) is 6.53. The molecule has 2 aliphatic heterocycles. The Balaban J connectivity index is 2.60. The minimum atomic E-state index is -0.345. The van der Waals surface area contributed by atoms with Gasteiger partial charge in [-0.2, -0.15) is 0 Å². The van der Waals surface area contributed by atoms with Crippen molar-refractivity contribution >= 4 is 27.6 Å². The van der Waals surface area contributed by atoms with Gasteiger partial charge in [-0.25, -0.2) is 0 Å². The number of ether oxygens (including phenoxy) is 2. The highest BCUT2D eigenvalue weighted by molar-refractivity contribution is 14.2. The normalized spacial score (nSPS) is 37.0. The van der Waals surface area contributed by atoms with Gasteiger partial charge >= 0.3 is 0 Å². The Morgan fingerprint density at radius 1 is 0.857 bits per heavy atom. The summed E-state index contributed by atoms with van der Waals surface area (Å²) in [6.45, 7) is 15.8. The lowest BCUT2D eigenvalue weighted by molar-refractivity contribution is -0.244. The van der Waals surface area contributed by atoms with Crippen molar-refractivity contribution in [3.05, 3.63) is 0 Å². The maximum absolute atomic E-state index is 6.36. The van der Waals surface area contributed by atoms with E-state index in [-0.39, 0.29) is 11.4 Å². The van der Waals surface area contributed by atoms with E-state index in [4.69, 9.17) is 9.47 Å². The Bertz CT molecular complexity index is 309. The SMILES string of the molecule is CCC1(CC)C(C)C2(OCCO2)C(C)C(CC)(CC)P1I. The van der Waals surface area contributed by atoms with Crippen LogP contribution in [0, 0.1) is 11.8 Å². The highest BCUT2D eigenvalue weighted by Crippen LogP contribution is 2.80. The topological polar surface area (TPSA) is 18.5 Å². The quantitative estimate of drug-likeness (QED) is 0.408. The van der Waals surface area contributed by atoms with E-state index < -0.39 is 0 Å². The number of hydrogen-bond acceptors (Lipinski definition) is 2. The summed E-state index contributed by atoms with van der Waals surface area (Å²) in [4.78, 5) is 0. The molecule has 21 heavy (non-hydrogen) atoms. The summed E-state index contributed by atoms with van der Waals surface area (Å²) in [6, 6.07) is 0. The summed E-state index contributed by atoms with van der Waals surface area (Å²) in [5.41, 5.74) is -0.0982. The van der Waals surface area contributed by atoms with Crippen molar-refractivity contribution in [2.45, 2.75) is 83.3 Å². The van der Waals surface area contributed by atoms with Crippen LogP contribution in [-0.4, -0.2) is 29.3 Å². The van der Waals surface area contributed by atoms with Crippen LogP contribution in [0.3, 0.4) is 0 Å². The molecule has 2 unspecified atom stereocenters. The van der Waals surface area contributed by atoms with Crippen LogP contribution in [0.4, 0.5) is 0 Å². The summed E-state index contributed by atoms with van der Waals surface area (Å²) in [5.74, 6) is 0.612. The summed E-state index contributed by atoms with van der Waals surface area (Å²) in [6.07, 6.45) is 4.95. The van der Waals surface area contributed by atoms with Crippen molar-refractivity contribution in [1.29, 1.82) is 0 Å². The minimum absolute atomic E-state index is 0.0982. The standard InChI is InChI=1S/C17H32IO2P/c1-7-15(8-2)13(5)17(19-11-12-20-17)14(6)16(9-3,10-4)21(15)18/h13-14H,7-12H2,1-6H3. The first-order valence-corrected chi connectivity index (χ1v) is 12.8. The van der Waals surface area contributed by atoms with Crippen molar-refractivity contribution in [3.8, 4) is 0 Å². The van der Waals surface area contributed by atoms with Crippen LogP contribution in [-0.2, 0) is 9.47 Å². The molecule has 0 bridgehead atoms. The predicted octanol–water partition coefficient (Wildman–Crippen LogP) is 5.96. The van der Waals surface area contributed by atoms with Gasteiger partial charge in [-0.15, -0.1) is 0 Å². The van der Waals surface area contributed by atoms with Gasteiger partial charge in [0, 0.05) is 22.1 Å². The molecule has 0 saturated carbocycles. The van der Waals surface area contributed by atoms with Gasteiger partial charge in [0.25, 0.3) is 0 Å². The van der Waals surface area contributed by atoms with Crippen molar-refractivity contribution in [3.63, 3.8) is 0 Å². The number of halogens is 1. The molecule has 1 spiro atoms. The molecule has 2 saturated heterocycles. The average molecular weight is 426 g/mol. The molecule has 2 atom stereocenters. The Morgan fingerprint density at radius 2 is 1.19 bits per heavy atom. The van der Waals surface area contributed by atoms with Gasteiger partial charge in [0.05, 0.1) is 13.2 Å². The zero-order chi connectivity index (χ0) is 15.9. The minimum Gasteiger partial charge on any atom is -0.347 e. The zero-order valence-corrected chi connectivity index (χ0v) is 17.6. The van der Waals surface area contributed by atoms with Gasteiger partial charge in [-0.05, 0) is 31.2 Å². The highest BCUT2D eigenvalue weighted by Gasteiger charge is 2.68. The molecule has 0 aromatic heterocycles. The summed E-state index contributed by atoms with van der Waals surface area (Å²) < 4.78 is 12.7. The molecule has 2 heterocycles. The molecule has 0 amide bonds. The van der Waals surface area contributed by atoms with Gasteiger partial charge in [0.15, 0.2) is 5.79 Å². The van der Waals surface area contributed by atoms with E-state index in [2.05, 4.69) is 63.6 Å². The van der Waals surface area contributed by atoms with E-state index in [9.17, 15) is 0 Å². The lowest BCUT2D eigenvalue weighted by Crippen LogP contribution is -2.64. The molecule has 2 aliphatic rings. The van der Waals surface area contributed by atoms with E-state index in [0.717, 1.165) is 13.2 Å². The Labute approximate surface area is 145 Å². The van der Waals surface area contributed by atoms with Crippen LogP contribution in [0.15, 0.2) is 0 Å². The van der Waals surface area contributed by atoms with Gasteiger partial charge in [0.2, 0.25) is 0 Å². The van der Waals surface area contributed by atoms with E-state index in [1.807, 2.05) is 0 Å². The van der Waals surface area contributed by atoms with E-state index in [1.165, 1.54) is 25.7 Å². The smallest absolute Gasteiger partial charge is 0.175 e. The molecule has 0 N–H and O–H groups in total. The van der Waals surface area contributed by atoms with Crippen LogP contribution < -0.4 is 0 Å². The monoisotopic (exact) mass is 426 g/mol. The second-order valence-corrected chi connectivity index (χ2v) is 12.0. The maximum atomic E-state index is 6.36. The van der Waals surface area contributed by atoms with E-state index in [1.54, 1.807) is 0 Å². The van der Waals surface area contributed by atoms with Crippen LogP contribution in [0.5, 0.6) is 0 Å². The van der Waals surface area contributed by atoms with Gasteiger partial charge < -0.3 is 9.47 Å². The first-order chi connectivity index (χ1) is 9.91. The van der Waals surface area contributed by atoms with Crippen LogP contribution in [0.25, 0.3) is 0 Å². The van der Waals surface area contributed by atoms with Crippen molar-refractivity contribution in [2.24, 2.45) is 11.8 Å². The lowest BCUT2D eigenvalue weighted by atomic mass is 9.70. The molecule has 0 aromatic rings. The fourth-order valence-corrected chi connectivity index (χ4v) is 14.8. The molecule has 2 nitrogen and oxygen atoms in total. The lowest BCUT2D eigenvalue weighted by Gasteiger charge is -2.64. The molecule has 2 fully saturated rings. The second-order valence-electron chi connectivity index (χ2n) is 6.76. The largest absolute Gasteiger partial charge is 0.347 e. The van der Waals surface area contributed by atoms with Crippen LogP contribution >= 0.6 is 27.6 Å². The zero-order valence-electron chi connectivity index (χ0n) is 14.5. The highest BCUT2D eigenvalue weighted by atomic mass is 127. The molecule has 2 rings (SSSR count). The molecule has 4 heteroatoms. The van der Waals surface area contributed by atoms with Crippen molar-refractivity contribution < 1.29 is 9.47 Å². The molecular weight excluding hydrogens is 394 g/mol. The number of hydrogen-bond donors (Lipinski definition) is 0. The maximum Gasteiger partial charge on any atom is 0.175 e. The first kappa shape index (κ1) is 18.4. The van der Waals surface area contributed by atoms with Gasteiger partial charge in [-0.3, -0.25) is 0 Å².